The Morgan fingerprint density at radius 2 is 1.58 bits per heavy atom. The SMILES string of the molecule is CCN(Cc1ccccc1)C1CCCCC1NS(=O)(=O)c1ccccc1. The minimum Gasteiger partial charge on any atom is -0.295 e. The maximum absolute atomic E-state index is 12.8. The van der Waals surface area contributed by atoms with Gasteiger partial charge in [-0.2, -0.15) is 0 Å². The number of benzene rings is 2. The fraction of sp³-hybridized carbons (Fsp3) is 0.429. The van der Waals surface area contributed by atoms with Crippen molar-refractivity contribution in [3.63, 3.8) is 0 Å². The van der Waals surface area contributed by atoms with Gasteiger partial charge in [0.15, 0.2) is 0 Å². The number of nitrogens with zero attached hydrogens (tertiary/aromatic N) is 1. The zero-order chi connectivity index (χ0) is 18.4. The van der Waals surface area contributed by atoms with Crippen LogP contribution < -0.4 is 4.72 Å². The molecule has 4 nitrogen and oxygen atoms in total. The Kier molecular flexibility index (Phi) is 6.46. The number of rotatable bonds is 7. The average molecular weight is 373 g/mol. The first-order valence-electron chi connectivity index (χ1n) is 9.45. The predicted molar refractivity (Wildman–Crippen MR) is 105 cm³/mol. The number of hydrogen-bond donors (Lipinski definition) is 1. The molecule has 3 rings (SSSR count). The third-order valence-electron chi connectivity index (χ3n) is 5.19. The molecule has 0 heterocycles. The fourth-order valence-corrected chi connectivity index (χ4v) is 5.16. The number of sulfonamides is 1. The highest BCUT2D eigenvalue weighted by Gasteiger charge is 2.32. The molecule has 1 N–H and O–H groups in total. The van der Waals surface area contributed by atoms with E-state index in [2.05, 4.69) is 40.8 Å². The van der Waals surface area contributed by atoms with Crippen LogP contribution in [0.25, 0.3) is 0 Å². The van der Waals surface area contributed by atoms with Crippen LogP contribution in [0.4, 0.5) is 0 Å². The summed E-state index contributed by atoms with van der Waals surface area (Å²) in [5.41, 5.74) is 1.27. The van der Waals surface area contributed by atoms with E-state index in [0.29, 0.717) is 4.90 Å². The van der Waals surface area contributed by atoms with Crippen LogP contribution in [0, 0.1) is 0 Å². The van der Waals surface area contributed by atoms with Crippen molar-refractivity contribution in [1.29, 1.82) is 0 Å². The van der Waals surface area contributed by atoms with Crippen LogP contribution >= 0.6 is 0 Å². The minimum absolute atomic E-state index is 0.0439. The lowest BCUT2D eigenvalue weighted by atomic mass is 9.89. The highest BCUT2D eigenvalue weighted by Crippen LogP contribution is 2.26. The van der Waals surface area contributed by atoms with Gasteiger partial charge < -0.3 is 0 Å². The summed E-state index contributed by atoms with van der Waals surface area (Å²) in [4.78, 5) is 2.75. The van der Waals surface area contributed by atoms with Crippen LogP contribution in [0.3, 0.4) is 0 Å². The molecule has 2 atom stereocenters. The van der Waals surface area contributed by atoms with Gasteiger partial charge in [0.05, 0.1) is 4.90 Å². The monoisotopic (exact) mass is 372 g/mol. The van der Waals surface area contributed by atoms with Crippen LogP contribution in [0.1, 0.15) is 38.2 Å². The molecule has 5 heteroatoms. The second kappa shape index (κ2) is 8.80. The van der Waals surface area contributed by atoms with Gasteiger partial charge >= 0.3 is 0 Å². The quantitative estimate of drug-likeness (QED) is 0.804. The highest BCUT2D eigenvalue weighted by molar-refractivity contribution is 7.89. The highest BCUT2D eigenvalue weighted by atomic mass is 32.2. The summed E-state index contributed by atoms with van der Waals surface area (Å²) in [7, 11) is -3.48. The van der Waals surface area contributed by atoms with E-state index in [1.54, 1.807) is 24.3 Å². The molecule has 1 aliphatic carbocycles. The second-order valence-corrected chi connectivity index (χ2v) is 8.66. The summed E-state index contributed by atoms with van der Waals surface area (Å²) in [5, 5.41) is 0. The zero-order valence-electron chi connectivity index (χ0n) is 15.3. The maximum atomic E-state index is 12.8. The third kappa shape index (κ3) is 4.72. The summed E-state index contributed by atoms with van der Waals surface area (Å²) < 4.78 is 28.6. The molecule has 2 aromatic rings. The molecule has 0 radical (unpaired) electrons. The summed E-state index contributed by atoms with van der Waals surface area (Å²) in [6.45, 7) is 3.91. The van der Waals surface area contributed by atoms with E-state index in [-0.39, 0.29) is 12.1 Å². The van der Waals surface area contributed by atoms with Gasteiger partial charge in [-0.1, -0.05) is 68.3 Å². The summed E-state index contributed by atoms with van der Waals surface area (Å²) >= 11 is 0. The first-order chi connectivity index (χ1) is 12.6. The minimum atomic E-state index is -3.48. The van der Waals surface area contributed by atoms with Gasteiger partial charge in [-0.25, -0.2) is 13.1 Å². The number of nitrogens with one attached hydrogen (secondary N) is 1. The van der Waals surface area contributed by atoms with Crippen molar-refractivity contribution in [3.05, 3.63) is 66.2 Å². The average Bonchev–Trinajstić information content (AvgIpc) is 2.68. The maximum Gasteiger partial charge on any atom is 0.240 e. The van der Waals surface area contributed by atoms with Crippen molar-refractivity contribution in [2.75, 3.05) is 6.54 Å². The standard InChI is InChI=1S/C21H28N2O2S/c1-2-23(17-18-11-5-3-6-12-18)21-16-10-9-15-20(21)22-26(24,25)19-13-7-4-8-14-19/h3-8,11-14,20-22H,2,9-10,15-17H2,1H3. The van der Waals surface area contributed by atoms with Crippen molar-refractivity contribution in [2.24, 2.45) is 0 Å². The number of likely N-dealkylation sites (N-methyl/N-ethyl adjacent to an activating group) is 1. The van der Waals surface area contributed by atoms with Gasteiger partial charge in [-0.15, -0.1) is 0 Å². The molecule has 1 saturated carbocycles. The third-order valence-corrected chi connectivity index (χ3v) is 6.70. The molecule has 26 heavy (non-hydrogen) atoms. The summed E-state index contributed by atoms with van der Waals surface area (Å²) in [6, 6.07) is 19.3. The van der Waals surface area contributed by atoms with Crippen molar-refractivity contribution in [3.8, 4) is 0 Å². The molecular weight excluding hydrogens is 344 g/mol. The summed E-state index contributed by atoms with van der Waals surface area (Å²) in [6.07, 6.45) is 4.14. The van der Waals surface area contributed by atoms with Crippen molar-refractivity contribution < 1.29 is 8.42 Å². The molecule has 0 amide bonds. The summed E-state index contributed by atoms with van der Waals surface area (Å²) in [5.74, 6) is 0. The lowest BCUT2D eigenvalue weighted by Gasteiger charge is -2.39. The smallest absolute Gasteiger partial charge is 0.240 e. The van der Waals surface area contributed by atoms with Crippen LogP contribution in [0.15, 0.2) is 65.6 Å². The van der Waals surface area contributed by atoms with Crippen molar-refractivity contribution in [2.45, 2.75) is 56.1 Å². The van der Waals surface area contributed by atoms with Crippen LogP contribution in [0.2, 0.25) is 0 Å². The second-order valence-electron chi connectivity index (χ2n) is 6.94. The van der Waals surface area contributed by atoms with Gasteiger partial charge in [-0.3, -0.25) is 4.90 Å². The van der Waals surface area contributed by atoms with E-state index in [1.165, 1.54) is 5.56 Å². The molecule has 1 fully saturated rings. The largest absolute Gasteiger partial charge is 0.295 e. The van der Waals surface area contributed by atoms with Crippen molar-refractivity contribution in [1.82, 2.24) is 9.62 Å². The van der Waals surface area contributed by atoms with Crippen molar-refractivity contribution >= 4 is 10.0 Å². The Bertz CT molecular complexity index is 778. The lowest BCUT2D eigenvalue weighted by Crippen LogP contribution is -2.52. The van der Waals surface area contributed by atoms with Gasteiger partial charge in [0.1, 0.15) is 0 Å². The molecule has 0 spiro atoms. The fourth-order valence-electron chi connectivity index (χ4n) is 3.83. The van der Waals surface area contributed by atoms with Gasteiger partial charge in [0, 0.05) is 18.6 Å². The lowest BCUT2D eigenvalue weighted by molar-refractivity contribution is 0.130. The van der Waals surface area contributed by atoms with E-state index < -0.39 is 10.0 Å². The molecule has 0 saturated heterocycles. The molecule has 0 aromatic heterocycles. The molecule has 1 aliphatic rings. The van der Waals surface area contributed by atoms with Gasteiger partial charge in [0.25, 0.3) is 0 Å². The van der Waals surface area contributed by atoms with E-state index in [9.17, 15) is 8.42 Å². The van der Waals surface area contributed by atoms with Gasteiger partial charge in [-0.05, 0) is 37.1 Å². The van der Waals surface area contributed by atoms with E-state index in [0.717, 1.165) is 38.8 Å². The van der Waals surface area contributed by atoms with E-state index >= 15 is 0 Å². The zero-order valence-corrected chi connectivity index (χ0v) is 16.2. The normalized spacial score (nSPS) is 21.0. The first kappa shape index (κ1) is 19.1. The molecule has 0 bridgehead atoms. The molecule has 2 aromatic carbocycles. The van der Waals surface area contributed by atoms with E-state index in [1.807, 2.05) is 12.1 Å². The Morgan fingerprint density at radius 1 is 0.962 bits per heavy atom. The Balaban J connectivity index is 1.76. The van der Waals surface area contributed by atoms with Crippen LogP contribution in [-0.4, -0.2) is 31.9 Å². The predicted octanol–water partition coefficient (Wildman–Crippen LogP) is 3.80. The van der Waals surface area contributed by atoms with Gasteiger partial charge in [0.2, 0.25) is 10.0 Å². The number of hydrogen-bond acceptors (Lipinski definition) is 3. The Hall–Kier alpha value is -1.69. The van der Waals surface area contributed by atoms with E-state index in [4.69, 9.17) is 0 Å². The topological polar surface area (TPSA) is 49.4 Å². The first-order valence-corrected chi connectivity index (χ1v) is 10.9. The van der Waals surface area contributed by atoms with Crippen LogP contribution in [-0.2, 0) is 16.6 Å². The molecule has 0 aliphatic heterocycles. The Labute approximate surface area is 157 Å². The molecule has 2 unspecified atom stereocenters. The molecule has 140 valence electrons. The Morgan fingerprint density at radius 3 is 2.23 bits per heavy atom. The van der Waals surface area contributed by atoms with Crippen LogP contribution in [0.5, 0.6) is 0 Å². The molecular formula is C21H28N2O2S.